The van der Waals surface area contributed by atoms with Gasteiger partial charge in [-0.2, -0.15) is 0 Å². The number of hydrogen-bond donors (Lipinski definition) is 1. The number of benzene rings is 2. The SMILES string of the molecule is CNS(=O)(=O)c1ccc(N2CCC[C@H]2c2nc3ccccc3s2)c([N+](=O)[O-])c1. The smallest absolute Gasteiger partial charge is 0.293 e. The van der Waals surface area contributed by atoms with Gasteiger partial charge in [0.1, 0.15) is 10.7 Å². The Morgan fingerprint density at radius 3 is 2.79 bits per heavy atom. The molecule has 1 fully saturated rings. The van der Waals surface area contributed by atoms with Gasteiger partial charge in [0.15, 0.2) is 0 Å². The summed E-state index contributed by atoms with van der Waals surface area (Å²) in [5.41, 5.74) is 1.12. The topological polar surface area (TPSA) is 105 Å². The maximum absolute atomic E-state index is 12.0. The molecule has 1 N–H and O–H groups in total. The summed E-state index contributed by atoms with van der Waals surface area (Å²) >= 11 is 1.59. The number of anilines is 1. The van der Waals surface area contributed by atoms with Crippen molar-refractivity contribution in [2.45, 2.75) is 23.8 Å². The lowest BCUT2D eigenvalue weighted by molar-refractivity contribution is -0.384. The van der Waals surface area contributed by atoms with Gasteiger partial charge in [0.05, 0.1) is 26.1 Å². The second-order valence-electron chi connectivity index (χ2n) is 6.49. The minimum absolute atomic E-state index is 0.0668. The van der Waals surface area contributed by atoms with Gasteiger partial charge in [-0.05, 0) is 44.2 Å². The van der Waals surface area contributed by atoms with E-state index in [9.17, 15) is 18.5 Å². The van der Waals surface area contributed by atoms with Crippen molar-refractivity contribution in [1.82, 2.24) is 9.71 Å². The quantitative estimate of drug-likeness (QED) is 0.502. The fourth-order valence-corrected chi connectivity index (χ4v) is 5.39. The van der Waals surface area contributed by atoms with Crippen LogP contribution in [-0.2, 0) is 10.0 Å². The maximum Gasteiger partial charge on any atom is 0.293 e. The first-order chi connectivity index (χ1) is 13.4. The average molecular weight is 419 g/mol. The number of para-hydroxylation sites is 1. The molecule has 1 aliphatic heterocycles. The molecule has 0 bridgehead atoms. The second-order valence-corrected chi connectivity index (χ2v) is 9.44. The highest BCUT2D eigenvalue weighted by atomic mass is 32.2. The van der Waals surface area contributed by atoms with Crippen LogP contribution in [0, 0.1) is 10.1 Å². The van der Waals surface area contributed by atoms with Gasteiger partial charge in [0.2, 0.25) is 10.0 Å². The van der Waals surface area contributed by atoms with Crippen LogP contribution < -0.4 is 9.62 Å². The minimum atomic E-state index is -3.76. The van der Waals surface area contributed by atoms with Crippen molar-refractivity contribution in [3.63, 3.8) is 0 Å². The van der Waals surface area contributed by atoms with Gasteiger partial charge in [-0.15, -0.1) is 11.3 Å². The van der Waals surface area contributed by atoms with Gasteiger partial charge < -0.3 is 4.90 Å². The van der Waals surface area contributed by atoms with Gasteiger partial charge in [-0.25, -0.2) is 18.1 Å². The molecule has 0 spiro atoms. The van der Waals surface area contributed by atoms with Crippen LogP contribution in [-0.4, -0.2) is 31.9 Å². The third-order valence-electron chi connectivity index (χ3n) is 4.88. The van der Waals surface area contributed by atoms with E-state index >= 15 is 0 Å². The van der Waals surface area contributed by atoms with Crippen LogP contribution in [0.1, 0.15) is 23.9 Å². The summed E-state index contributed by atoms with van der Waals surface area (Å²) in [6.45, 7) is 0.652. The van der Waals surface area contributed by atoms with Crippen LogP contribution >= 0.6 is 11.3 Å². The first-order valence-corrected chi connectivity index (χ1v) is 11.0. The predicted molar refractivity (Wildman–Crippen MR) is 108 cm³/mol. The Hall–Kier alpha value is -2.56. The lowest BCUT2D eigenvalue weighted by Gasteiger charge is -2.25. The fourth-order valence-electron chi connectivity index (χ4n) is 3.52. The third-order valence-corrected chi connectivity index (χ3v) is 7.43. The van der Waals surface area contributed by atoms with Crippen LogP contribution in [0.25, 0.3) is 10.2 Å². The highest BCUT2D eigenvalue weighted by Crippen LogP contribution is 2.42. The van der Waals surface area contributed by atoms with Crippen LogP contribution in [0.15, 0.2) is 47.4 Å². The zero-order valence-corrected chi connectivity index (χ0v) is 16.7. The van der Waals surface area contributed by atoms with Gasteiger partial charge >= 0.3 is 0 Å². The standard InChI is InChI=1S/C18H18N4O4S2/c1-19-28(25,26)12-8-9-14(16(11-12)22(23)24)21-10-4-6-15(21)18-20-13-5-2-3-7-17(13)27-18/h2-3,5,7-9,11,15,19H,4,6,10H2,1H3/t15-/m0/s1. The first kappa shape index (κ1) is 18.8. The van der Waals surface area contributed by atoms with E-state index in [4.69, 9.17) is 4.98 Å². The van der Waals surface area contributed by atoms with Crippen LogP contribution in [0.4, 0.5) is 11.4 Å². The molecule has 8 nitrogen and oxygen atoms in total. The van der Waals surface area contributed by atoms with Crippen LogP contribution in [0.2, 0.25) is 0 Å². The van der Waals surface area contributed by atoms with Crippen molar-refractivity contribution >= 4 is 43.0 Å². The highest BCUT2D eigenvalue weighted by Gasteiger charge is 2.33. The molecular formula is C18H18N4O4S2. The van der Waals surface area contributed by atoms with Crippen molar-refractivity contribution in [2.75, 3.05) is 18.5 Å². The summed E-state index contributed by atoms with van der Waals surface area (Å²) in [6.07, 6.45) is 1.72. The van der Waals surface area contributed by atoms with E-state index in [1.54, 1.807) is 11.3 Å². The molecule has 1 atom stereocenters. The normalized spacial score (nSPS) is 17.3. The monoisotopic (exact) mass is 418 g/mol. The summed E-state index contributed by atoms with van der Waals surface area (Å²) in [4.78, 5) is 17.7. The van der Waals surface area contributed by atoms with Gasteiger partial charge in [0, 0.05) is 12.6 Å². The number of thiazole rings is 1. The lowest BCUT2D eigenvalue weighted by Crippen LogP contribution is -2.24. The molecule has 0 amide bonds. The molecule has 0 unspecified atom stereocenters. The number of aromatic nitrogens is 1. The summed E-state index contributed by atoms with van der Waals surface area (Å²) < 4.78 is 27.3. The molecule has 0 aliphatic carbocycles. The van der Waals surface area contributed by atoms with E-state index < -0.39 is 14.9 Å². The predicted octanol–water partition coefficient (Wildman–Crippen LogP) is 3.45. The Labute approximate surface area is 166 Å². The van der Waals surface area contributed by atoms with E-state index in [0.717, 1.165) is 34.1 Å². The summed E-state index contributed by atoms with van der Waals surface area (Å²) in [7, 11) is -2.48. The van der Waals surface area contributed by atoms with E-state index in [1.807, 2.05) is 29.2 Å². The van der Waals surface area contributed by atoms with Gasteiger partial charge in [-0.1, -0.05) is 12.1 Å². The van der Waals surface area contributed by atoms with Crippen molar-refractivity contribution in [2.24, 2.45) is 0 Å². The molecule has 0 saturated carbocycles. The number of fused-ring (bicyclic) bond motifs is 1. The Balaban J connectivity index is 1.77. The molecule has 3 aromatic rings. The summed E-state index contributed by atoms with van der Waals surface area (Å²) in [5.74, 6) is 0. The zero-order valence-electron chi connectivity index (χ0n) is 15.0. The number of hydrogen-bond acceptors (Lipinski definition) is 7. The highest BCUT2D eigenvalue weighted by molar-refractivity contribution is 7.89. The molecule has 1 saturated heterocycles. The number of nitro benzene ring substituents is 1. The largest absolute Gasteiger partial charge is 0.357 e. The van der Waals surface area contributed by atoms with E-state index in [-0.39, 0.29) is 16.6 Å². The lowest BCUT2D eigenvalue weighted by atomic mass is 10.2. The summed E-state index contributed by atoms with van der Waals surface area (Å²) in [6, 6.07) is 11.8. The van der Waals surface area contributed by atoms with Gasteiger partial charge in [-0.3, -0.25) is 10.1 Å². The van der Waals surface area contributed by atoms with Crippen molar-refractivity contribution in [3.8, 4) is 0 Å². The molecule has 0 radical (unpaired) electrons. The Bertz CT molecular complexity index is 1130. The number of nitro groups is 1. The minimum Gasteiger partial charge on any atom is -0.357 e. The molecule has 146 valence electrons. The third kappa shape index (κ3) is 3.23. The molecule has 1 aromatic heterocycles. The van der Waals surface area contributed by atoms with Crippen molar-refractivity contribution in [1.29, 1.82) is 0 Å². The number of sulfonamides is 1. The molecule has 2 heterocycles. The second kappa shape index (κ2) is 7.12. The first-order valence-electron chi connectivity index (χ1n) is 8.75. The molecule has 28 heavy (non-hydrogen) atoms. The number of nitrogens with zero attached hydrogens (tertiary/aromatic N) is 3. The average Bonchev–Trinajstić information content (AvgIpc) is 3.33. The Kier molecular flexibility index (Phi) is 4.77. The van der Waals surface area contributed by atoms with Crippen molar-refractivity contribution in [3.05, 3.63) is 57.6 Å². The Morgan fingerprint density at radius 1 is 1.29 bits per heavy atom. The molecule has 10 heteroatoms. The zero-order chi connectivity index (χ0) is 19.9. The summed E-state index contributed by atoms with van der Waals surface area (Å²) in [5, 5.41) is 12.6. The molecular weight excluding hydrogens is 400 g/mol. The van der Waals surface area contributed by atoms with Crippen molar-refractivity contribution < 1.29 is 13.3 Å². The van der Waals surface area contributed by atoms with E-state index in [1.165, 1.54) is 19.2 Å². The van der Waals surface area contributed by atoms with Crippen LogP contribution in [0.3, 0.4) is 0 Å². The number of nitrogens with one attached hydrogen (secondary N) is 1. The Morgan fingerprint density at radius 2 is 2.07 bits per heavy atom. The van der Waals surface area contributed by atoms with E-state index in [0.29, 0.717) is 12.2 Å². The fraction of sp³-hybridized carbons (Fsp3) is 0.278. The molecule has 1 aliphatic rings. The number of rotatable bonds is 5. The van der Waals surface area contributed by atoms with Gasteiger partial charge in [0.25, 0.3) is 5.69 Å². The van der Waals surface area contributed by atoms with Crippen LogP contribution in [0.5, 0.6) is 0 Å². The maximum atomic E-state index is 12.0. The molecule has 2 aromatic carbocycles. The van der Waals surface area contributed by atoms with E-state index in [2.05, 4.69) is 4.72 Å². The molecule has 4 rings (SSSR count).